The fourth-order valence-corrected chi connectivity index (χ4v) is 1.39. The van der Waals surface area contributed by atoms with Crippen LogP contribution in [0.15, 0.2) is 12.1 Å². The molecule has 0 radical (unpaired) electrons. The molecule has 16 heavy (non-hydrogen) atoms. The van der Waals surface area contributed by atoms with Crippen molar-refractivity contribution >= 4 is 23.3 Å². The number of halogens is 1. The van der Waals surface area contributed by atoms with E-state index in [0.29, 0.717) is 5.56 Å². The van der Waals surface area contributed by atoms with Gasteiger partial charge in [0.1, 0.15) is 5.02 Å². The van der Waals surface area contributed by atoms with Crippen molar-refractivity contribution in [3.8, 4) is 0 Å². The van der Waals surface area contributed by atoms with Gasteiger partial charge in [0, 0.05) is 6.07 Å². The highest BCUT2D eigenvalue weighted by atomic mass is 35.5. The number of benzene rings is 1. The summed E-state index contributed by atoms with van der Waals surface area (Å²) in [4.78, 5) is 21.4. The Labute approximate surface area is 97.1 Å². The van der Waals surface area contributed by atoms with Gasteiger partial charge in [-0.2, -0.15) is 0 Å². The fourth-order valence-electron chi connectivity index (χ4n) is 1.22. The Hall–Kier alpha value is -1.62. The Morgan fingerprint density at radius 1 is 1.56 bits per heavy atom. The summed E-state index contributed by atoms with van der Waals surface area (Å²) < 4.78 is 4.75. The molecule has 0 saturated heterocycles. The van der Waals surface area contributed by atoms with Crippen LogP contribution in [-0.4, -0.2) is 17.5 Å². The maximum absolute atomic E-state index is 11.4. The molecule has 0 aliphatic carbocycles. The van der Waals surface area contributed by atoms with Gasteiger partial charge in [-0.25, -0.2) is 4.79 Å². The van der Waals surface area contributed by atoms with E-state index in [2.05, 4.69) is 0 Å². The number of hydrogen-bond donors (Lipinski definition) is 0. The lowest BCUT2D eigenvalue weighted by atomic mass is 10.1. The molecule has 5 nitrogen and oxygen atoms in total. The number of esters is 1. The van der Waals surface area contributed by atoms with E-state index >= 15 is 0 Å². The maximum Gasteiger partial charge on any atom is 0.338 e. The Balaban J connectivity index is 3.24. The van der Waals surface area contributed by atoms with Crippen molar-refractivity contribution in [2.45, 2.75) is 13.8 Å². The molecular weight excluding hydrogens is 234 g/mol. The Bertz CT molecular complexity index is 445. The van der Waals surface area contributed by atoms with Crippen LogP contribution in [0.25, 0.3) is 0 Å². The van der Waals surface area contributed by atoms with Crippen molar-refractivity contribution in [1.82, 2.24) is 0 Å². The van der Waals surface area contributed by atoms with Gasteiger partial charge >= 0.3 is 5.97 Å². The topological polar surface area (TPSA) is 69.4 Å². The van der Waals surface area contributed by atoms with Gasteiger partial charge in [0.15, 0.2) is 0 Å². The van der Waals surface area contributed by atoms with Crippen LogP contribution >= 0.6 is 11.6 Å². The second-order valence-corrected chi connectivity index (χ2v) is 3.48. The summed E-state index contributed by atoms with van der Waals surface area (Å²) in [6.45, 7) is 3.47. The molecule has 0 aromatic heterocycles. The zero-order valence-electron chi connectivity index (χ0n) is 8.82. The lowest BCUT2D eigenvalue weighted by Gasteiger charge is -2.04. The fraction of sp³-hybridized carbons (Fsp3) is 0.300. The van der Waals surface area contributed by atoms with E-state index in [1.54, 1.807) is 13.8 Å². The van der Waals surface area contributed by atoms with Gasteiger partial charge in [-0.15, -0.1) is 0 Å². The summed E-state index contributed by atoms with van der Waals surface area (Å²) in [6, 6.07) is 2.58. The highest BCUT2D eigenvalue weighted by molar-refractivity contribution is 6.33. The summed E-state index contributed by atoms with van der Waals surface area (Å²) in [6.07, 6.45) is 0. The Morgan fingerprint density at radius 2 is 2.19 bits per heavy atom. The van der Waals surface area contributed by atoms with Crippen molar-refractivity contribution in [3.05, 3.63) is 38.4 Å². The third kappa shape index (κ3) is 2.49. The molecule has 0 saturated carbocycles. The van der Waals surface area contributed by atoms with Gasteiger partial charge in [-0.1, -0.05) is 11.6 Å². The van der Waals surface area contributed by atoms with E-state index in [1.165, 1.54) is 6.07 Å². The Morgan fingerprint density at radius 3 is 2.69 bits per heavy atom. The van der Waals surface area contributed by atoms with Crippen molar-refractivity contribution in [2.75, 3.05) is 6.61 Å². The van der Waals surface area contributed by atoms with Crippen LogP contribution in [0.5, 0.6) is 0 Å². The van der Waals surface area contributed by atoms with Crippen LogP contribution < -0.4 is 0 Å². The number of carbonyl (C=O) groups excluding carboxylic acids is 1. The highest BCUT2D eigenvalue weighted by Crippen LogP contribution is 2.29. The highest BCUT2D eigenvalue weighted by Gasteiger charge is 2.19. The number of aryl methyl sites for hydroxylation is 1. The minimum atomic E-state index is -0.627. The lowest BCUT2D eigenvalue weighted by Crippen LogP contribution is -2.06. The summed E-state index contributed by atoms with van der Waals surface area (Å²) >= 11 is 5.75. The number of ether oxygens (including phenoxy) is 1. The third-order valence-corrected chi connectivity index (χ3v) is 2.43. The summed E-state index contributed by atoms with van der Waals surface area (Å²) in [7, 11) is 0. The molecule has 0 bridgehead atoms. The van der Waals surface area contributed by atoms with Crippen LogP contribution in [0.4, 0.5) is 5.69 Å². The molecule has 0 aliphatic rings. The second kappa shape index (κ2) is 4.94. The van der Waals surface area contributed by atoms with E-state index in [-0.39, 0.29) is 22.9 Å². The molecule has 6 heteroatoms. The molecule has 0 unspecified atom stereocenters. The molecule has 0 spiro atoms. The average molecular weight is 244 g/mol. The first kappa shape index (κ1) is 12.4. The minimum Gasteiger partial charge on any atom is -0.462 e. The van der Waals surface area contributed by atoms with Crippen molar-refractivity contribution < 1.29 is 14.5 Å². The zero-order chi connectivity index (χ0) is 12.3. The predicted octanol–water partition coefficient (Wildman–Crippen LogP) is 2.73. The zero-order valence-corrected chi connectivity index (χ0v) is 9.58. The number of nitro groups is 1. The van der Waals surface area contributed by atoms with Crippen LogP contribution in [0, 0.1) is 17.0 Å². The van der Waals surface area contributed by atoms with Gasteiger partial charge < -0.3 is 4.74 Å². The molecule has 86 valence electrons. The second-order valence-electron chi connectivity index (χ2n) is 3.10. The quantitative estimate of drug-likeness (QED) is 0.465. The van der Waals surface area contributed by atoms with Gasteiger partial charge in [-0.3, -0.25) is 10.1 Å². The first-order chi connectivity index (χ1) is 7.47. The van der Waals surface area contributed by atoms with Crippen molar-refractivity contribution in [3.63, 3.8) is 0 Å². The normalized spacial score (nSPS) is 9.94. The number of nitrogens with zero attached hydrogens (tertiary/aromatic N) is 1. The van der Waals surface area contributed by atoms with Crippen LogP contribution in [-0.2, 0) is 4.74 Å². The van der Waals surface area contributed by atoms with Crippen molar-refractivity contribution in [1.29, 1.82) is 0 Å². The van der Waals surface area contributed by atoms with Crippen LogP contribution in [0.2, 0.25) is 5.02 Å². The maximum atomic E-state index is 11.4. The summed E-state index contributed by atoms with van der Waals surface area (Å²) in [5.74, 6) is -0.592. The number of rotatable bonds is 3. The SMILES string of the molecule is CCOC(=O)c1cc(C)c(Cl)c([N+](=O)[O-])c1. The van der Waals surface area contributed by atoms with Gasteiger partial charge in [0.25, 0.3) is 5.69 Å². The first-order valence-corrected chi connectivity index (χ1v) is 4.96. The smallest absolute Gasteiger partial charge is 0.338 e. The van der Waals surface area contributed by atoms with E-state index in [9.17, 15) is 14.9 Å². The molecule has 1 aromatic rings. The molecule has 0 N–H and O–H groups in total. The molecule has 0 atom stereocenters. The molecule has 0 amide bonds. The molecular formula is C10H10ClNO4. The number of hydrogen-bond acceptors (Lipinski definition) is 4. The molecule has 1 rings (SSSR count). The molecule has 0 aliphatic heterocycles. The average Bonchev–Trinajstić information content (AvgIpc) is 2.21. The largest absolute Gasteiger partial charge is 0.462 e. The van der Waals surface area contributed by atoms with Gasteiger partial charge in [0.05, 0.1) is 17.1 Å². The number of nitro benzene ring substituents is 1. The van der Waals surface area contributed by atoms with E-state index in [4.69, 9.17) is 16.3 Å². The lowest BCUT2D eigenvalue weighted by molar-refractivity contribution is -0.384. The molecule has 1 aromatic carbocycles. The molecule has 0 fully saturated rings. The number of carbonyl (C=O) groups is 1. The van der Waals surface area contributed by atoms with E-state index in [0.717, 1.165) is 6.07 Å². The minimum absolute atomic E-state index is 0.0399. The summed E-state index contributed by atoms with van der Waals surface area (Å²) in [5.41, 5.74) is 0.319. The van der Waals surface area contributed by atoms with Crippen molar-refractivity contribution in [2.24, 2.45) is 0 Å². The van der Waals surface area contributed by atoms with Gasteiger partial charge in [-0.05, 0) is 25.5 Å². The van der Waals surface area contributed by atoms with Crippen LogP contribution in [0.3, 0.4) is 0 Å². The predicted molar refractivity (Wildman–Crippen MR) is 58.8 cm³/mol. The Kier molecular flexibility index (Phi) is 3.84. The van der Waals surface area contributed by atoms with Gasteiger partial charge in [0.2, 0.25) is 0 Å². The summed E-state index contributed by atoms with van der Waals surface area (Å²) in [5, 5.41) is 10.7. The monoisotopic (exact) mass is 243 g/mol. The third-order valence-electron chi connectivity index (χ3n) is 1.94. The van der Waals surface area contributed by atoms with E-state index in [1.807, 2.05) is 0 Å². The standard InChI is InChI=1S/C10H10ClNO4/c1-3-16-10(13)7-4-6(2)9(11)8(5-7)12(14)15/h4-5H,3H2,1-2H3. The van der Waals surface area contributed by atoms with Crippen LogP contribution in [0.1, 0.15) is 22.8 Å². The molecule has 0 heterocycles. The van der Waals surface area contributed by atoms with E-state index < -0.39 is 10.9 Å². The first-order valence-electron chi connectivity index (χ1n) is 4.59.